The molecular weight excluding hydrogens is 258 g/mol. The van der Waals surface area contributed by atoms with Gasteiger partial charge in [-0.25, -0.2) is 0 Å². The standard InChI is InChI=1S/C16H22ClNO/c1-12-6-3-4-9-15(12)18(2)16(19)14-8-5-7-13(10-14)11-17/h5,7-8,10,12,15H,3-4,6,9,11H2,1-2H3. The molecule has 1 aromatic carbocycles. The summed E-state index contributed by atoms with van der Waals surface area (Å²) in [6.07, 6.45) is 4.87. The van der Waals surface area contributed by atoms with Crippen molar-refractivity contribution in [3.63, 3.8) is 0 Å². The van der Waals surface area contributed by atoms with E-state index in [9.17, 15) is 4.79 Å². The zero-order valence-corrected chi connectivity index (χ0v) is 12.5. The first-order valence-electron chi connectivity index (χ1n) is 7.05. The van der Waals surface area contributed by atoms with Crippen LogP contribution in [0.2, 0.25) is 0 Å². The number of halogens is 1. The zero-order valence-electron chi connectivity index (χ0n) is 11.7. The molecule has 0 N–H and O–H groups in total. The van der Waals surface area contributed by atoms with Crippen molar-refractivity contribution in [2.24, 2.45) is 5.92 Å². The number of carbonyl (C=O) groups excluding carboxylic acids is 1. The highest BCUT2D eigenvalue weighted by Crippen LogP contribution is 2.28. The summed E-state index contributed by atoms with van der Waals surface area (Å²) < 4.78 is 0. The number of hydrogen-bond donors (Lipinski definition) is 0. The normalized spacial score (nSPS) is 23.1. The molecule has 1 amide bonds. The van der Waals surface area contributed by atoms with Crippen LogP contribution < -0.4 is 0 Å². The van der Waals surface area contributed by atoms with Gasteiger partial charge in [0.2, 0.25) is 0 Å². The Morgan fingerprint density at radius 3 is 2.79 bits per heavy atom. The Labute approximate surface area is 120 Å². The molecule has 2 unspecified atom stereocenters. The molecule has 1 fully saturated rings. The Bertz CT molecular complexity index is 446. The quantitative estimate of drug-likeness (QED) is 0.764. The van der Waals surface area contributed by atoms with Gasteiger partial charge in [0, 0.05) is 24.5 Å². The van der Waals surface area contributed by atoms with Gasteiger partial charge in [0.25, 0.3) is 5.91 Å². The van der Waals surface area contributed by atoms with Crippen molar-refractivity contribution in [3.8, 4) is 0 Å². The molecule has 19 heavy (non-hydrogen) atoms. The minimum atomic E-state index is 0.116. The van der Waals surface area contributed by atoms with Crippen LogP contribution in [-0.4, -0.2) is 23.9 Å². The van der Waals surface area contributed by atoms with E-state index in [1.165, 1.54) is 19.3 Å². The number of alkyl halides is 1. The van der Waals surface area contributed by atoms with E-state index in [4.69, 9.17) is 11.6 Å². The summed E-state index contributed by atoms with van der Waals surface area (Å²) in [5.41, 5.74) is 1.75. The summed E-state index contributed by atoms with van der Waals surface area (Å²) in [4.78, 5) is 14.5. The van der Waals surface area contributed by atoms with Crippen molar-refractivity contribution in [1.82, 2.24) is 4.90 Å². The number of nitrogens with zero attached hydrogens (tertiary/aromatic N) is 1. The fraction of sp³-hybridized carbons (Fsp3) is 0.562. The van der Waals surface area contributed by atoms with Gasteiger partial charge in [-0.3, -0.25) is 4.79 Å². The smallest absolute Gasteiger partial charge is 0.253 e. The van der Waals surface area contributed by atoms with Crippen LogP contribution in [0.3, 0.4) is 0 Å². The van der Waals surface area contributed by atoms with Gasteiger partial charge in [0.15, 0.2) is 0 Å². The highest BCUT2D eigenvalue weighted by atomic mass is 35.5. The molecule has 0 aromatic heterocycles. The Morgan fingerprint density at radius 1 is 1.37 bits per heavy atom. The molecule has 2 atom stereocenters. The largest absolute Gasteiger partial charge is 0.338 e. The second-order valence-electron chi connectivity index (χ2n) is 5.58. The molecule has 3 heteroatoms. The number of rotatable bonds is 3. The van der Waals surface area contributed by atoms with E-state index < -0.39 is 0 Å². The van der Waals surface area contributed by atoms with E-state index in [-0.39, 0.29) is 5.91 Å². The van der Waals surface area contributed by atoms with Crippen molar-refractivity contribution < 1.29 is 4.79 Å². The molecule has 0 spiro atoms. The highest BCUT2D eigenvalue weighted by Gasteiger charge is 2.28. The summed E-state index contributed by atoms with van der Waals surface area (Å²) in [6.45, 7) is 2.25. The first-order valence-corrected chi connectivity index (χ1v) is 7.59. The molecule has 2 rings (SSSR count). The van der Waals surface area contributed by atoms with Crippen LogP contribution in [0.4, 0.5) is 0 Å². The average molecular weight is 280 g/mol. The van der Waals surface area contributed by atoms with E-state index in [2.05, 4.69) is 6.92 Å². The van der Waals surface area contributed by atoms with Crippen molar-refractivity contribution >= 4 is 17.5 Å². The Hall–Kier alpha value is -1.02. The summed E-state index contributed by atoms with van der Waals surface area (Å²) in [5, 5.41) is 0. The summed E-state index contributed by atoms with van der Waals surface area (Å²) in [6, 6.07) is 8.01. The van der Waals surface area contributed by atoms with Gasteiger partial charge in [-0.05, 0) is 36.5 Å². The Balaban J connectivity index is 2.13. The third-order valence-electron chi connectivity index (χ3n) is 4.21. The Morgan fingerprint density at radius 2 is 2.11 bits per heavy atom. The Kier molecular flexibility index (Phi) is 4.87. The monoisotopic (exact) mass is 279 g/mol. The van der Waals surface area contributed by atoms with Crippen LogP contribution in [0.1, 0.15) is 48.5 Å². The molecule has 0 radical (unpaired) electrons. The van der Waals surface area contributed by atoms with Crippen LogP contribution in [-0.2, 0) is 5.88 Å². The third-order valence-corrected chi connectivity index (χ3v) is 4.52. The molecule has 0 bridgehead atoms. The second-order valence-corrected chi connectivity index (χ2v) is 5.85. The van der Waals surface area contributed by atoms with Gasteiger partial charge in [-0.1, -0.05) is 31.9 Å². The van der Waals surface area contributed by atoms with Gasteiger partial charge in [0.1, 0.15) is 0 Å². The van der Waals surface area contributed by atoms with E-state index in [0.29, 0.717) is 17.8 Å². The molecule has 1 aliphatic rings. The minimum absolute atomic E-state index is 0.116. The van der Waals surface area contributed by atoms with Gasteiger partial charge >= 0.3 is 0 Å². The first kappa shape index (κ1) is 14.4. The predicted molar refractivity (Wildman–Crippen MR) is 79.5 cm³/mol. The van der Waals surface area contributed by atoms with E-state index in [1.807, 2.05) is 36.2 Å². The maximum Gasteiger partial charge on any atom is 0.253 e. The zero-order chi connectivity index (χ0) is 13.8. The minimum Gasteiger partial charge on any atom is -0.338 e. The van der Waals surface area contributed by atoms with Crippen LogP contribution in [0.5, 0.6) is 0 Å². The topological polar surface area (TPSA) is 20.3 Å². The fourth-order valence-corrected chi connectivity index (χ4v) is 3.18. The van der Waals surface area contributed by atoms with Crippen molar-refractivity contribution in [1.29, 1.82) is 0 Å². The average Bonchev–Trinajstić information content (AvgIpc) is 2.46. The molecule has 1 saturated carbocycles. The third kappa shape index (κ3) is 3.30. The van der Waals surface area contributed by atoms with Crippen LogP contribution in [0.15, 0.2) is 24.3 Å². The fourth-order valence-electron chi connectivity index (χ4n) is 3.01. The highest BCUT2D eigenvalue weighted by molar-refractivity contribution is 6.17. The van der Waals surface area contributed by atoms with E-state index in [0.717, 1.165) is 17.5 Å². The van der Waals surface area contributed by atoms with Crippen LogP contribution in [0.25, 0.3) is 0 Å². The summed E-state index contributed by atoms with van der Waals surface area (Å²) in [5.74, 6) is 1.16. The number of carbonyl (C=O) groups is 1. The summed E-state index contributed by atoms with van der Waals surface area (Å²) >= 11 is 5.83. The molecular formula is C16H22ClNO. The molecule has 0 aliphatic heterocycles. The van der Waals surface area contributed by atoms with Gasteiger partial charge in [-0.15, -0.1) is 11.6 Å². The maximum absolute atomic E-state index is 12.5. The lowest BCUT2D eigenvalue weighted by Gasteiger charge is -2.36. The van der Waals surface area contributed by atoms with Crippen molar-refractivity contribution in [3.05, 3.63) is 35.4 Å². The van der Waals surface area contributed by atoms with Crippen molar-refractivity contribution in [2.75, 3.05) is 7.05 Å². The molecule has 2 nitrogen and oxygen atoms in total. The molecule has 0 saturated heterocycles. The van der Waals surface area contributed by atoms with Crippen LogP contribution >= 0.6 is 11.6 Å². The molecule has 1 aliphatic carbocycles. The summed E-state index contributed by atoms with van der Waals surface area (Å²) in [7, 11) is 1.93. The molecule has 104 valence electrons. The van der Waals surface area contributed by atoms with E-state index in [1.54, 1.807) is 0 Å². The van der Waals surface area contributed by atoms with Gasteiger partial charge < -0.3 is 4.90 Å². The van der Waals surface area contributed by atoms with Crippen molar-refractivity contribution in [2.45, 2.75) is 44.5 Å². The van der Waals surface area contributed by atoms with Gasteiger partial charge in [0.05, 0.1) is 0 Å². The number of hydrogen-bond acceptors (Lipinski definition) is 1. The lowest BCUT2D eigenvalue weighted by molar-refractivity contribution is 0.0629. The first-order chi connectivity index (χ1) is 9.13. The SMILES string of the molecule is CC1CCCCC1N(C)C(=O)c1cccc(CCl)c1. The van der Waals surface area contributed by atoms with Gasteiger partial charge in [-0.2, -0.15) is 0 Å². The molecule has 1 aromatic rings. The number of benzene rings is 1. The predicted octanol–water partition coefficient (Wildman–Crippen LogP) is 4.08. The maximum atomic E-state index is 12.5. The second kappa shape index (κ2) is 6.42. The number of amides is 1. The lowest BCUT2D eigenvalue weighted by Crippen LogP contribution is -2.42. The molecule has 0 heterocycles. The van der Waals surface area contributed by atoms with Crippen LogP contribution in [0, 0.1) is 5.92 Å². The lowest BCUT2D eigenvalue weighted by atomic mass is 9.85. The van der Waals surface area contributed by atoms with E-state index >= 15 is 0 Å².